The Morgan fingerprint density at radius 3 is 2.65 bits per heavy atom. The smallest absolute Gasteiger partial charge is 0.155 e. The lowest BCUT2D eigenvalue weighted by Gasteiger charge is -2.60. The number of carbonyl (C=O) groups excluding carboxylic acids is 1. The molecule has 0 bridgehead atoms. The van der Waals surface area contributed by atoms with Crippen molar-refractivity contribution in [2.24, 2.45) is 40.4 Å². The summed E-state index contributed by atoms with van der Waals surface area (Å²) in [6.07, 6.45) is 9.72. The molecule has 4 rings (SSSR count). The molecule has 0 spiro atoms. The second-order valence-corrected chi connectivity index (χ2v) is 10.2. The molecular formula is C23H36O3. The summed E-state index contributed by atoms with van der Waals surface area (Å²) in [6, 6.07) is 0. The van der Waals surface area contributed by atoms with Crippen molar-refractivity contribution in [3.8, 4) is 0 Å². The average molecular weight is 361 g/mol. The molecule has 0 saturated heterocycles. The van der Waals surface area contributed by atoms with E-state index in [-0.39, 0.29) is 22.7 Å². The Balaban J connectivity index is 1.67. The van der Waals surface area contributed by atoms with Crippen LogP contribution >= 0.6 is 0 Å². The van der Waals surface area contributed by atoms with Gasteiger partial charge < -0.3 is 10.2 Å². The van der Waals surface area contributed by atoms with Gasteiger partial charge in [-0.2, -0.15) is 0 Å². The molecule has 0 aromatic carbocycles. The highest BCUT2D eigenvalue weighted by Gasteiger charge is 2.61. The molecule has 2 N–H and O–H groups in total. The molecule has 0 aromatic heterocycles. The Kier molecular flexibility index (Phi) is 4.63. The lowest BCUT2D eigenvalue weighted by atomic mass is 9.45. The molecule has 0 amide bonds. The van der Waals surface area contributed by atoms with Crippen LogP contribution in [0.2, 0.25) is 0 Å². The summed E-state index contributed by atoms with van der Waals surface area (Å²) in [6.45, 7) is 7.32. The van der Waals surface area contributed by atoms with Crippen LogP contribution < -0.4 is 0 Å². The van der Waals surface area contributed by atoms with Crippen molar-refractivity contribution >= 4 is 5.78 Å². The molecule has 3 fully saturated rings. The van der Waals surface area contributed by atoms with Crippen LogP contribution in [0.15, 0.2) is 11.6 Å². The van der Waals surface area contributed by atoms with Crippen LogP contribution in [0.25, 0.3) is 0 Å². The third-order valence-corrected chi connectivity index (χ3v) is 9.39. The lowest BCUT2D eigenvalue weighted by molar-refractivity contribution is -0.125. The predicted octanol–water partition coefficient (Wildman–Crippen LogP) is 4.12. The van der Waals surface area contributed by atoms with Gasteiger partial charge in [-0.25, -0.2) is 0 Å². The largest absolute Gasteiger partial charge is 0.396 e. The maximum Gasteiger partial charge on any atom is 0.155 e. The fourth-order valence-corrected chi connectivity index (χ4v) is 7.88. The van der Waals surface area contributed by atoms with Gasteiger partial charge in [0.05, 0.1) is 6.10 Å². The van der Waals surface area contributed by atoms with Crippen LogP contribution in [-0.2, 0) is 4.79 Å². The molecule has 3 saturated carbocycles. The first-order chi connectivity index (χ1) is 12.3. The van der Waals surface area contributed by atoms with Gasteiger partial charge in [-0.3, -0.25) is 4.79 Å². The van der Waals surface area contributed by atoms with Gasteiger partial charge in [0.25, 0.3) is 0 Å². The molecule has 0 heterocycles. The zero-order valence-corrected chi connectivity index (χ0v) is 16.7. The molecule has 0 aromatic rings. The van der Waals surface area contributed by atoms with Gasteiger partial charge in [-0.05, 0) is 85.0 Å². The Bertz CT molecular complexity index is 607. The van der Waals surface area contributed by atoms with Gasteiger partial charge in [0.2, 0.25) is 0 Å². The summed E-state index contributed by atoms with van der Waals surface area (Å²) in [7, 11) is 0. The number of ketones is 1. The molecular weight excluding hydrogens is 324 g/mol. The molecule has 26 heavy (non-hydrogen) atoms. The number of rotatable bonds is 3. The zero-order valence-electron chi connectivity index (χ0n) is 16.7. The van der Waals surface area contributed by atoms with Crippen LogP contribution in [0.1, 0.15) is 72.1 Å². The molecule has 3 nitrogen and oxygen atoms in total. The van der Waals surface area contributed by atoms with Crippen molar-refractivity contribution in [3.05, 3.63) is 11.6 Å². The van der Waals surface area contributed by atoms with Gasteiger partial charge in [0.15, 0.2) is 5.78 Å². The highest BCUT2D eigenvalue weighted by molar-refractivity contribution is 5.91. The summed E-state index contributed by atoms with van der Waals surface area (Å²) in [5, 5.41) is 21.1. The molecule has 4 aliphatic rings. The molecule has 3 heteroatoms. The minimum absolute atomic E-state index is 0.109. The Labute approximate surface area is 158 Å². The zero-order chi connectivity index (χ0) is 18.7. The Hall–Kier alpha value is -0.670. The topological polar surface area (TPSA) is 57.5 Å². The van der Waals surface area contributed by atoms with E-state index in [0.717, 1.165) is 19.3 Å². The van der Waals surface area contributed by atoms with Crippen LogP contribution in [0.5, 0.6) is 0 Å². The second-order valence-electron chi connectivity index (χ2n) is 10.2. The van der Waals surface area contributed by atoms with Gasteiger partial charge in [-0.1, -0.05) is 32.8 Å². The molecule has 8 atom stereocenters. The predicted molar refractivity (Wildman–Crippen MR) is 102 cm³/mol. The number of aliphatic hydroxyl groups excluding tert-OH is 2. The normalized spacial score (nSPS) is 49.0. The van der Waals surface area contributed by atoms with Crippen LogP contribution in [-0.4, -0.2) is 28.7 Å². The fraction of sp³-hybridized carbons (Fsp3) is 0.870. The molecule has 0 aliphatic heterocycles. The van der Waals surface area contributed by atoms with Crippen LogP contribution in [0.3, 0.4) is 0 Å². The quantitative estimate of drug-likeness (QED) is 0.796. The first-order valence-electron chi connectivity index (χ1n) is 10.9. The van der Waals surface area contributed by atoms with Crippen molar-refractivity contribution in [3.63, 3.8) is 0 Å². The Morgan fingerprint density at radius 1 is 1.19 bits per heavy atom. The standard InChI is InChI=1S/C23H36O3/c1-4-14(13-24)17-5-6-18-21-19(8-10-23(17,18)3)22(2)9-7-16(25)11-15(22)12-20(21)26/h11,14,17-21,24,26H,4-10,12-13H2,1-3H3/t14-,17-,18?,19?,20-,21?,22+,23-/m1/s1. The summed E-state index contributed by atoms with van der Waals surface area (Å²) < 4.78 is 0. The van der Waals surface area contributed by atoms with Crippen molar-refractivity contribution in [2.75, 3.05) is 6.61 Å². The third kappa shape index (κ3) is 2.49. The first-order valence-corrected chi connectivity index (χ1v) is 10.9. The summed E-state index contributed by atoms with van der Waals surface area (Å²) in [5.41, 5.74) is 1.59. The van der Waals surface area contributed by atoms with Gasteiger partial charge >= 0.3 is 0 Å². The number of hydrogen-bond acceptors (Lipinski definition) is 3. The van der Waals surface area contributed by atoms with E-state index in [1.54, 1.807) is 0 Å². The van der Waals surface area contributed by atoms with E-state index in [2.05, 4.69) is 20.8 Å². The highest BCUT2D eigenvalue weighted by Crippen LogP contribution is 2.67. The van der Waals surface area contributed by atoms with E-state index < -0.39 is 0 Å². The molecule has 3 unspecified atom stereocenters. The Morgan fingerprint density at radius 2 is 1.96 bits per heavy atom. The van der Waals surface area contributed by atoms with Gasteiger partial charge in [0.1, 0.15) is 0 Å². The second kappa shape index (κ2) is 6.44. The van der Waals surface area contributed by atoms with Crippen molar-refractivity contribution in [1.29, 1.82) is 0 Å². The van der Waals surface area contributed by atoms with E-state index in [1.165, 1.54) is 24.8 Å². The fourth-order valence-electron chi connectivity index (χ4n) is 7.88. The van der Waals surface area contributed by atoms with Crippen molar-refractivity contribution in [2.45, 2.75) is 78.2 Å². The summed E-state index contributed by atoms with van der Waals surface area (Å²) >= 11 is 0. The molecule has 4 aliphatic carbocycles. The maximum atomic E-state index is 12.0. The van der Waals surface area contributed by atoms with E-state index in [1.807, 2.05) is 6.08 Å². The van der Waals surface area contributed by atoms with E-state index in [9.17, 15) is 15.0 Å². The van der Waals surface area contributed by atoms with Gasteiger partial charge in [0, 0.05) is 13.0 Å². The van der Waals surface area contributed by atoms with E-state index >= 15 is 0 Å². The SMILES string of the molecule is CC[C@H](CO)[C@H]1CCC2C3C(CC[C@@]21C)[C@@]1(C)CCC(=O)C=C1C[C@H]3O. The summed E-state index contributed by atoms with van der Waals surface area (Å²) in [5.74, 6) is 2.69. The monoisotopic (exact) mass is 360 g/mol. The molecule has 0 radical (unpaired) electrons. The third-order valence-electron chi connectivity index (χ3n) is 9.39. The number of fused-ring (bicyclic) bond motifs is 5. The average Bonchev–Trinajstić information content (AvgIpc) is 2.95. The highest BCUT2D eigenvalue weighted by atomic mass is 16.3. The minimum atomic E-state index is -0.303. The van der Waals surface area contributed by atoms with Crippen LogP contribution in [0.4, 0.5) is 0 Å². The first kappa shape index (κ1) is 18.7. The number of carbonyl (C=O) groups is 1. The number of aliphatic hydroxyl groups is 2. The van der Waals surface area contributed by atoms with Crippen molar-refractivity contribution in [1.82, 2.24) is 0 Å². The number of hydrogen-bond donors (Lipinski definition) is 2. The van der Waals surface area contributed by atoms with E-state index in [0.29, 0.717) is 49.0 Å². The summed E-state index contributed by atoms with van der Waals surface area (Å²) in [4.78, 5) is 12.0. The van der Waals surface area contributed by atoms with E-state index in [4.69, 9.17) is 0 Å². The minimum Gasteiger partial charge on any atom is -0.396 e. The van der Waals surface area contributed by atoms with Crippen LogP contribution in [0, 0.1) is 40.4 Å². The molecule has 146 valence electrons. The van der Waals surface area contributed by atoms with Gasteiger partial charge in [-0.15, -0.1) is 0 Å². The maximum absolute atomic E-state index is 12.0. The van der Waals surface area contributed by atoms with Crippen molar-refractivity contribution < 1.29 is 15.0 Å². The lowest BCUT2D eigenvalue weighted by Crippen LogP contribution is -2.55.